The number of hydrogen-bond donors (Lipinski definition) is 0. The van der Waals surface area contributed by atoms with Gasteiger partial charge in [0.25, 0.3) is 0 Å². The average Bonchev–Trinajstić information content (AvgIpc) is 3.27. The molecule has 0 saturated carbocycles. The van der Waals surface area contributed by atoms with Crippen LogP contribution in [0.25, 0.3) is 0 Å². The summed E-state index contributed by atoms with van der Waals surface area (Å²) in [6, 6.07) is 11.9. The first kappa shape index (κ1) is 14.9. The maximum Gasteiger partial charge on any atom is 0.307 e. The molecule has 1 aromatic carbocycles. The summed E-state index contributed by atoms with van der Waals surface area (Å²) in [6.07, 6.45) is 0.752. The molecule has 2 aliphatic heterocycles. The van der Waals surface area contributed by atoms with Gasteiger partial charge in [0.1, 0.15) is 5.84 Å². The van der Waals surface area contributed by atoms with Gasteiger partial charge in [0.15, 0.2) is 0 Å². The summed E-state index contributed by atoms with van der Waals surface area (Å²) in [5, 5.41) is 9.24. The van der Waals surface area contributed by atoms with Crippen LogP contribution in [0.1, 0.15) is 22.9 Å². The monoisotopic (exact) mass is 361 g/mol. The second kappa shape index (κ2) is 6.11. The highest BCUT2D eigenvalue weighted by Gasteiger charge is 2.35. The zero-order valence-electron chi connectivity index (χ0n) is 12.0. The van der Waals surface area contributed by atoms with E-state index in [4.69, 9.17) is 16.7 Å². The minimum atomic E-state index is -0.147. The van der Waals surface area contributed by atoms with E-state index >= 15 is 0 Å². The summed E-state index contributed by atoms with van der Waals surface area (Å²) in [6.45, 7) is 0. The molecular weight excluding hydrogens is 350 g/mol. The van der Waals surface area contributed by atoms with E-state index in [2.05, 4.69) is 16.4 Å². The number of thioether (sulfide) groups is 1. The van der Waals surface area contributed by atoms with E-state index in [9.17, 15) is 4.79 Å². The Kier molecular flexibility index (Phi) is 3.97. The second-order valence-electron chi connectivity index (χ2n) is 5.19. The van der Waals surface area contributed by atoms with Crippen molar-refractivity contribution in [2.75, 3.05) is 5.75 Å². The molecule has 0 spiro atoms. The highest BCUT2D eigenvalue weighted by molar-refractivity contribution is 8.14. The fourth-order valence-corrected chi connectivity index (χ4v) is 4.40. The van der Waals surface area contributed by atoms with E-state index in [0.29, 0.717) is 10.8 Å². The lowest BCUT2D eigenvalue weighted by atomic mass is 10.0. The molecule has 0 N–H and O–H groups in total. The third-order valence-corrected chi connectivity index (χ3v) is 5.82. The van der Waals surface area contributed by atoms with Gasteiger partial charge in [-0.2, -0.15) is 10.1 Å². The number of rotatable bonds is 2. The lowest BCUT2D eigenvalue weighted by Crippen LogP contribution is -2.26. The molecule has 116 valence electrons. The molecule has 0 saturated heterocycles. The summed E-state index contributed by atoms with van der Waals surface area (Å²) in [5.74, 6) is 1.29. The largest absolute Gasteiger partial charge is 0.307 e. The van der Waals surface area contributed by atoms with Crippen molar-refractivity contribution < 1.29 is 4.79 Å². The van der Waals surface area contributed by atoms with Crippen molar-refractivity contribution in [3.05, 3.63) is 57.2 Å². The van der Waals surface area contributed by atoms with Gasteiger partial charge in [-0.05, 0) is 17.5 Å². The van der Waals surface area contributed by atoms with Crippen LogP contribution in [0.4, 0.5) is 4.79 Å². The first-order chi connectivity index (χ1) is 11.2. The third-order valence-electron chi connectivity index (χ3n) is 3.78. The normalized spacial score (nSPS) is 20.8. The lowest BCUT2D eigenvalue weighted by Gasteiger charge is -2.21. The van der Waals surface area contributed by atoms with Gasteiger partial charge >= 0.3 is 5.24 Å². The molecule has 0 fully saturated rings. The van der Waals surface area contributed by atoms with Gasteiger partial charge in [0, 0.05) is 21.9 Å². The van der Waals surface area contributed by atoms with Crippen LogP contribution in [-0.4, -0.2) is 27.5 Å². The van der Waals surface area contributed by atoms with Gasteiger partial charge in [0.05, 0.1) is 17.5 Å². The topological polar surface area (TPSA) is 45.0 Å². The number of amides is 1. The number of amidine groups is 1. The van der Waals surface area contributed by atoms with Gasteiger partial charge in [-0.1, -0.05) is 47.6 Å². The predicted molar refractivity (Wildman–Crippen MR) is 96.8 cm³/mol. The molecule has 0 radical (unpaired) electrons. The second-order valence-corrected chi connectivity index (χ2v) is 7.50. The van der Waals surface area contributed by atoms with E-state index in [1.807, 2.05) is 35.3 Å². The Labute approximate surface area is 146 Å². The van der Waals surface area contributed by atoms with Crippen LogP contribution in [0.5, 0.6) is 0 Å². The number of carbonyl (C=O) groups is 1. The Balaban J connectivity index is 1.74. The maximum absolute atomic E-state index is 11.5. The Morgan fingerprint density at radius 1 is 1.22 bits per heavy atom. The van der Waals surface area contributed by atoms with Crippen molar-refractivity contribution in [3.63, 3.8) is 0 Å². The summed E-state index contributed by atoms with van der Waals surface area (Å²) in [4.78, 5) is 16.8. The Morgan fingerprint density at radius 3 is 2.78 bits per heavy atom. The lowest BCUT2D eigenvalue weighted by molar-refractivity contribution is 0.267. The van der Waals surface area contributed by atoms with E-state index in [1.54, 1.807) is 11.3 Å². The van der Waals surface area contributed by atoms with Crippen molar-refractivity contribution in [2.45, 2.75) is 12.5 Å². The van der Waals surface area contributed by atoms with E-state index in [0.717, 1.165) is 23.5 Å². The standard InChI is InChI=1S/C16H12ClN3OS2/c17-11-5-2-1-4-10(11)12-8-13(14-6-3-7-22-14)20(19-12)15-9-23-16(21)18-15/h1-7,13H,8-9H2. The van der Waals surface area contributed by atoms with Crippen LogP contribution in [0.3, 0.4) is 0 Å². The van der Waals surface area contributed by atoms with Crippen LogP contribution in [0.2, 0.25) is 5.02 Å². The summed E-state index contributed by atoms with van der Waals surface area (Å²) in [7, 11) is 0. The first-order valence-electron chi connectivity index (χ1n) is 7.12. The number of hydrazone groups is 1. The minimum Gasteiger partial charge on any atom is -0.259 e. The molecule has 2 aromatic rings. The molecule has 3 heterocycles. The van der Waals surface area contributed by atoms with Crippen molar-refractivity contribution in [1.82, 2.24) is 5.01 Å². The third kappa shape index (κ3) is 2.82. The first-order valence-corrected chi connectivity index (χ1v) is 9.36. The van der Waals surface area contributed by atoms with Crippen LogP contribution >= 0.6 is 34.7 Å². The quantitative estimate of drug-likeness (QED) is 0.770. The van der Waals surface area contributed by atoms with Crippen molar-refractivity contribution in [3.8, 4) is 0 Å². The fourth-order valence-electron chi connectivity index (χ4n) is 2.72. The number of carbonyl (C=O) groups excluding carboxylic acids is 1. The van der Waals surface area contributed by atoms with Crippen LogP contribution in [-0.2, 0) is 0 Å². The molecular formula is C16H12ClN3OS2. The zero-order chi connectivity index (χ0) is 15.8. The highest BCUT2D eigenvalue weighted by Crippen LogP contribution is 2.37. The molecule has 4 rings (SSSR count). The molecule has 1 aromatic heterocycles. The molecule has 1 amide bonds. The smallest absolute Gasteiger partial charge is 0.259 e. The molecule has 2 aliphatic rings. The number of aliphatic imine (C=N–C) groups is 1. The van der Waals surface area contributed by atoms with Gasteiger partial charge in [0.2, 0.25) is 0 Å². The molecule has 23 heavy (non-hydrogen) atoms. The molecule has 7 heteroatoms. The molecule has 0 bridgehead atoms. The predicted octanol–water partition coefficient (Wildman–Crippen LogP) is 4.82. The molecule has 1 unspecified atom stereocenters. The number of thiophene rings is 1. The van der Waals surface area contributed by atoms with Gasteiger partial charge < -0.3 is 0 Å². The summed E-state index contributed by atoms with van der Waals surface area (Å²) in [5.41, 5.74) is 1.87. The van der Waals surface area contributed by atoms with Crippen molar-refractivity contribution >= 4 is 51.5 Å². The van der Waals surface area contributed by atoms with Crippen LogP contribution in [0, 0.1) is 0 Å². The summed E-state index contributed by atoms with van der Waals surface area (Å²) >= 11 is 9.23. The SMILES string of the molecule is O=C1N=C(N2N=C(c3ccccc3Cl)CC2c2cccs2)CS1. The highest BCUT2D eigenvalue weighted by atomic mass is 35.5. The molecule has 1 atom stereocenters. The molecule has 0 aliphatic carbocycles. The number of nitrogens with zero attached hydrogens (tertiary/aromatic N) is 3. The van der Waals surface area contributed by atoms with E-state index in [1.165, 1.54) is 16.6 Å². The Hall–Kier alpha value is -1.63. The van der Waals surface area contributed by atoms with Crippen molar-refractivity contribution in [2.24, 2.45) is 10.1 Å². The van der Waals surface area contributed by atoms with E-state index in [-0.39, 0.29) is 11.3 Å². The average molecular weight is 362 g/mol. The Morgan fingerprint density at radius 2 is 2.09 bits per heavy atom. The van der Waals surface area contributed by atoms with Crippen LogP contribution < -0.4 is 0 Å². The van der Waals surface area contributed by atoms with Gasteiger partial charge in [-0.25, -0.2) is 5.01 Å². The van der Waals surface area contributed by atoms with Gasteiger partial charge in [-0.15, -0.1) is 11.3 Å². The summed E-state index contributed by atoms with van der Waals surface area (Å²) < 4.78 is 0. The Bertz CT molecular complexity index is 816. The minimum absolute atomic E-state index is 0.0755. The molecule has 4 nitrogen and oxygen atoms in total. The maximum atomic E-state index is 11.5. The van der Waals surface area contributed by atoms with Crippen LogP contribution in [0.15, 0.2) is 51.9 Å². The van der Waals surface area contributed by atoms with E-state index < -0.39 is 0 Å². The number of halogens is 1. The van der Waals surface area contributed by atoms with Crippen molar-refractivity contribution in [1.29, 1.82) is 0 Å². The zero-order valence-corrected chi connectivity index (χ0v) is 14.4. The fraction of sp³-hybridized carbons (Fsp3) is 0.188. The number of hydrogen-bond acceptors (Lipinski definition) is 5. The number of benzene rings is 1. The van der Waals surface area contributed by atoms with Gasteiger partial charge in [-0.3, -0.25) is 4.79 Å².